The van der Waals surface area contributed by atoms with Gasteiger partial charge in [0.2, 0.25) is 5.71 Å². The molecule has 8 aromatic carbocycles. The van der Waals surface area contributed by atoms with Crippen LogP contribution in [0.3, 0.4) is 0 Å². The second kappa shape index (κ2) is 12.8. The Morgan fingerprint density at radius 2 is 1.10 bits per heavy atom. The molecule has 286 valence electrons. The zero-order valence-corrected chi connectivity index (χ0v) is 32.7. The van der Waals surface area contributed by atoms with Crippen LogP contribution in [0.2, 0.25) is 0 Å². The summed E-state index contributed by atoms with van der Waals surface area (Å²) in [6, 6.07) is 61.3. The molecule has 13 aromatic rings. The molecule has 0 bridgehead atoms. The summed E-state index contributed by atoms with van der Waals surface area (Å²) < 4.78 is 17.8. The van der Waals surface area contributed by atoms with E-state index in [1.165, 1.54) is 0 Å². The van der Waals surface area contributed by atoms with Gasteiger partial charge in [-0.25, -0.2) is 4.98 Å². The van der Waals surface area contributed by atoms with Gasteiger partial charge in [-0.3, -0.25) is 0 Å². The molecule has 62 heavy (non-hydrogen) atoms. The van der Waals surface area contributed by atoms with E-state index in [4.69, 9.17) is 18.8 Å². The van der Waals surface area contributed by atoms with Gasteiger partial charge in [0, 0.05) is 43.7 Å². The summed E-state index contributed by atoms with van der Waals surface area (Å²) >= 11 is 0. The van der Waals surface area contributed by atoms with Crippen LogP contribution in [0.4, 0.5) is 0 Å². The molecule has 0 fully saturated rings. The first kappa shape index (κ1) is 33.9. The van der Waals surface area contributed by atoms with Crippen molar-refractivity contribution < 1.29 is 8.83 Å². The van der Waals surface area contributed by atoms with Gasteiger partial charge in [-0.05, 0) is 54.6 Å². The highest BCUT2D eigenvalue weighted by Crippen LogP contribution is 2.50. The average molecular weight is 793 g/mol. The molecule has 0 N–H and O–H groups in total. The Morgan fingerprint density at radius 3 is 1.85 bits per heavy atom. The molecule has 0 atom stereocenters. The van der Waals surface area contributed by atoms with E-state index in [9.17, 15) is 10.5 Å². The first-order valence-electron chi connectivity index (χ1n) is 20.3. The summed E-state index contributed by atoms with van der Waals surface area (Å²) in [5.41, 5.74) is 11.4. The summed E-state index contributed by atoms with van der Waals surface area (Å²) in [5, 5.41) is 28.9. The van der Waals surface area contributed by atoms with Crippen LogP contribution in [-0.2, 0) is 0 Å². The van der Waals surface area contributed by atoms with E-state index >= 15 is 0 Å². The van der Waals surface area contributed by atoms with Crippen molar-refractivity contribution in [3.63, 3.8) is 0 Å². The molecule has 8 nitrogen and oxygen atoms in total. The number of nitrogens with zero attached hydrogens (tertiary/aromatic N) is 6. The Kier molecular flexibility index (Phi) is 6.98. The molecular weight excluding hydrogens is 765 g/mol. The number of para-hydroxylation sites is 4. The molecule has 5 heterocycles. The summed E-state index contributed by atoms with van der Waals surface area (Å²) in [6.07, 6.45) is 0. The molecule has 0 aliphatic carbocycles. The Morgan fingerprint density at radius 1 is 0.468 bits per heavy atom. The van der Waals surface area contributed by atoms with Crippen LogP contribution in [0.15, 0.2) is 179 Å². The van der Waals surface area contributed by atoms with E-state index in [2.05, 4.69) is 63.7 Å². The quantitative estimate of drug-likeness (QED) is 0.175. The SMILES string of the molecule is N#Cc1cccc(-n2c3ccccc3c3c4c(c5ccccc5n4-c4ccc(-c5nc(-c6ccccc6)nc6oc7ccccc7c56)cc4C#N)c4oc5ccccc5c4c32)c1. The van der Waals surface area contributed by atoms with Gasteiger partial charge in [0.1, 0.15) is 22.8 Å². The number of benzene rings is 8. The van der Waals surface area contributed by atoms with E-state index in [0.717, 1.165) is 93.1 Å². The maximum atomic E-state index is 11.2. The van der Waals surface area contributed by atoms with Gasteiger partial charge in [0.15, 0.2) is 5.82 Å². The highest BCUT2D eigenvalue weighted by molar-refractivity contribution is 6.39. The highest BCUT2D eigenvalue weighted by Gasteiger charge is 2.29. The summed E-state index contributed by atoms with van der Waals surface area (Å²) in [5.74, 6) is 0.533. The Balaban J connectivity index is 1.18. The summed E-state index contributed by atoms with van der Waals surface area (Å²) in [7, 11) is 0. The molecule has 0 saturated carbocycles. The fraction of sp³-hybridized carbons (Fsp3) is 0. The maximum absolute atomic E-state index is 11.2. The number of furan rings is 2. The Labute approximate surface area is 351 Å². The molecule has 5 aromatic heterocycles. The van der Waals surface area contributed by atoms with Crippen LogP contribution in [0, 0.1) is 22.7 Å². The number of fused-ring (bicyclic) bond motifs is 15. The second-order valence-electron chi connectivity index (χ2n) is 15.5. The molecule has 0 aliphatic rings. The first-order chi connectivity index (χ1) is 30.7. The molecule has 0 amide bonds. The van der Waals surface area contributed by atoms with Crippen LogP contribution in [0.5, 0.6) is 0 Å². The predicted molar refractivity (Wildman–Crippen MR) is 246 cm³/mol. The lowest BCUT2D eigenvalue weighted by Crippen LogP contribution is -2.00. The third-order valence-corrected chi connectivity index (χ3v) is 12.2. The minimum Gasteiger partial charge on any atom is -0.455 e. The molecule has 8 heteroatoms. The molecule has 13 rings (SSSR count). The van der Waals surface area contributed by atoms with Crippen molar-refractivity contribution in [3.05, 3.63) is 181 Å². The number of hydrogen-bond acceptors (Lipinski definition) is 6. The van der Waals surface area contributed by atoms with Crippen LogP contribution in [0.25, 0.3) is 122 Å². The van der Waals surface area contributed by atoms with E-state index in [1.54, 1.807) is 0 Å². The first-order valence-corrected chi connectivity index (χ1v) is 20.3. The van der Waals surface area contributed by atoms with Gasteiger partial charge < -0.3 is 18.0 Å². The predicted octanol–water partition coefficient (Wildman–Crippen LogP) is 13.5. The van der Waals surface area contributed by atoms with Crippen molar-refractivity contribution in [1.29, 1.82) is 10.5 Å². The highest BCUT2D eigenvalue weighted by atomic mass is 16.3. The van der Waals surface area contributed by atoms with E-state index in [0.29, 0.717) is 39.6 Å². The number of nitriles is 2. The minimum absolute atomic E-state index is 0.467. The molecule has 0 radical (unpaired) electrons. The summed E-state index contributed by atoms with van der Waals surface area (Å²) in [6.45, 7) is 0. The summed E-state index contributed by atoms with van der Waals surface area (Å²) in [4.78, 5) is 10.1. The lowest BCUT2D eigenvalue weighted by Gasteiger charge is -2.14. The van der Waals surface area contributed by atoms with Gasteiger partial charge in [0.05, 0.1) is 66.8 Å². The van der Waals surface area contributed by atoms with Crippen molar-refractivity contribution >= 4 is 87.6 Å². The lowest BCUT2D eigenvalue weighted by molar-refractivity contribution is 0.653. The fourth-order valence-electron chi connectivity index (χ4n) is 9.63. The topological polar surface area (TPSA) is 109 Å². The second-order valence-corrected chi connectivity index (χ2v) is 15.5. The van der Waals surface area contributed by atoms with E-state index in [-0.39, 0.29) is 0 Å². The minimum atomic E-state index is 0.467. The average Bonchev–Trinajstić information content (AvgIpc) is 4.09. The van der Waals surface area contributed by atoms with Crippen molar-refractivity contribution in [2.45, 2.75) is 0 Å². The van der Waals surface area contributed by atoms with Crippen LogP contribution < -0.4 is 0 Å². The zero-order valence-electron chi connectivity index (χ0n) is 32.7. The Hall–Kier alpha value is -8.98. The molecule has 0 aliphatic heterocycles. The zero-order chi connectivity index (χ0) is 41.1. The third-order valence-electron chi connectivity index (χ3n) is 12.2. The van der Waals surface area contributed by atoms with Crippen molar-refractivity contribution in [2.24, 2.45) is 0 Å². The molecular formula is C54H28N6O2. The van der Waals surface area contributed by atoms with E-state index in [1.807, 2.05) is 127 Å². The maximum Gasteiger partial charge on any atom is 0.231 e. The monoisotopic (exact) mass is 792 g/mol. The lowest BCUT2D eigenvalue weighted by atomic mass is 10.0. The smallest absolute Gasteiger partial charge is 0.231 e. The largest absolute Gasteiger partial charge is 0.455 e. The number of aromatic nitrogens is 4. The third kappa shape index (κ3) is 4.63. The van der Waals surface area contributed by atoms with Crippen LogP contribution in [-0.4, -0.2) is 19.1 Å². The van der Waals surface area contributed by atoms with Gasteiger partial charge >= 0.3 is 0 Å². The fourth-order valence-corrected chi connectivity index (χ4v) is 9.63. The number of hydrogen-bond donors (Lipinski definition) is 0. The van der Waals surface area contributed by atoms with E-state index < -0.39 is 0 Å². The van der Waals surface area contributed by atoms with Gasteiger partial charge in [-0.15, -0.1) is 0 Å². The molecule has 0 unspecified atom stereocenters. The van der Waals surface area contributed by atoms with Crippen LogP contribution in [0.1, 0.15) is 11.1 Å². The number of rotatable bonds is 4. The van der Waals surface area contributed by atoms with Gasteiger partial charge in [-0.2, -0.15) is 15.5 Å². The van der Waals surface area contributed by atoms with Crippen molar-refractivity contribution in [2.75, 3.05) is 0 Å². The van der Waals surface area contributed by atoms with Gasteiger partial charge in [-0.1, -0.05) is 115 Å². The molecule has 0 saturated heterocycles. The van der Waals surface area contributed by atoms with Crippen molar-refractivity contribution in [1.82, 2.24) is 19.1 Å². The van der Waals surface area contributed by atoms with Crippen LogP contribution >= 0.6 is 0 Å². The normalized spacial score (nSPS) is 11.8. The van der Waals surface area contributed by atoms with Gasteiger partial charge in [0.25, 0.3) is 0 Å². The standard InChI is InChI=1S/C54H28N6O2/c55-29-31-13-12-16-35(27-31)59-41-21-8-4-17-36(41)46-50(59)48-39-20-7-10-23-43(39)61-52(48)47-37-18-5-9-22-42(37)60(51(46)47)40-26-25-33(28-34(40)30-56)49-45-38-19-6-11-24-44(38)62-54(45)58-53(57-49)32-14-2-1-3-15-32/h1-28H. The molecule has 0 spiro atoms. The van der Waals surface area contributed by atoms with Crippen molar-refractivity contribution in [3.8, 4) is 46.2 Å². The Bertz CT molecular complexity index is 4140.